The first-order valence-electron chi connectivity index (χ1n) is 6.88. The number of quaternary nitrogens is 1. The highest BCUT2D eigenvalue weighted by Gasteiger charge is 2.28. The summed E-state index contributed by atoms with van der Waals surface area (Å²) in [5.41, 5.74) is 1.35. The highest BCUT2D eigenvalue weighted by atomic mass is 16.2. The van der Waals surface area contributed by atoms with Crippen molar-refractivity contribution in [3.8, 4) is 0 Å². The maximum atomic E-state index is 12.4. The highest BCUT2D eigenvalue weighted by Crippen LogP contribution is 2.18. The Kier molecular flexibility index (Phi) is 3.28. The third-order valence-corrected chi connectivity index (χ3v) is 3.93. The summed E-state index contributed by atoms with van der Waals surface area (Å²) in [7, 11) is 2.10. The number of aromatic nitrogens is 1. The number of nitrogens with one attached hydrogen (secondary N) is 2. The number of para-hydroxylation sites is 1. The standard InChI is InChI=1S/C15H17N3O2/c1-17-6-8-18(9-7-17)15(20)14(19)12-10-16-13-5-3-2-4-11(12)13/h2-5,10,16H,6-9H2,1H3/p+1. The molecule has 2 aromatic rings. The van der Waals surface area contributed by atoms with E-state index in [1.54, 1.807) is 11.1 Å². The van der Waals surface area contributed by atoms with Crippen molar-refractivity contribution in [3.05, 3.63) is 36.0 Å². The van der Waals surface area contributed by atoms with E-state index in [1.165, 1.54) is 4.90 Å². The van der Waals surface area contributed by atoms with Crippen molar-refractivity contribution in [2.24, 2.45) is 0 Å². The molecule has 2 heterocycles. The van der Waals surface area contributed by atoms with Crippen LogP contribution in [-0.4, -0.2) is 54.8 Å². The molecule has 5 heteroatoms. The van der Waals surface area contributed by atoms with Crippen LogP contribution in [0.3, 0.4) is 0 Å². The molecule has 0 unspecified atom stereocenters. The minimum atomic E-state index is -0.415. The molecule has 1 aliphatic heterocycles. The second-order valence-corrected chi connectivity index (χ2v) is 5.33. The number of fused-ring (bicyclic) bond motifs is 1. The third kappa shape index (κ3) is 2.20. The number of benzene rings is 1. The van der Waals surface area contributed by atoms with E-state index < -0.39 is 5.78 Å². The zero-order valence-electron chi connectivity index (χ0n) is 11.5. The van der Waals surface area contributed by atoms with Gasteiger partial charge in [-0.2, -0.15) is 0 Å². The monoisotopic (exact) mass is 272 g/mol. The maximum absolute atomic E-state index is 12.4. The minimum Gasteiger partial charge on any atom is -0.360 e. The van der Waals surface area contributed by atoms with E-state index in [0.29, 0.717) is 18.7 Å². The van der Waals surface area contributed by atoms with E-state index >= 15 is 0 Å². The average Bonchev–Trinajstić information content (AvgIpc) is 2.90. The molecule has 1 saturated heterocycles. The molecule has 3 rings (SSSR count). The van der Waals surface area contributed by atoms with Gasteiger partial charge in [0.25, 0.3) is 11.7 Å². The van der Waals surface area contributed by atoms with Crippen molar-refractivity contribution >= 4 is 22.6 Å². The van der Waals surface area contributed by atoms with Crippen LogP contribution < -0.4 is 4.90 Å². The predicted molar refractivity (Wildman–Crippen MR) is 75.8 cm³/mol. The van der Waals surface area contributed by atoms with Gasteiger partial charge >= 0.3 is 0 Å². The van der Waals surface area contributed by atoms with Crippen LogP contribution in [0, 0.1) is 0 Å². The number of ketones is 1. The van der Waals surface area contributed by atoms with Crippen molar-refractivity contribution in [2.75, 3.05) is 33.2 Å². The van der Waals surface area contributed by atoms with Crippen molar-refractivity contribution in [3.63, 3.8) is 0 Å². The van der Waals surface area contributed by atoms with Gasteiger partial charge in [0.2, 0.25) is 0 Å². The number of hydrogen-bond acceptors (Lipinski definition) is 2. The molecule has 0 aliphatic carbocycles. The molecule has 1 fully saturated rings. The Hall–Kier alpha value is -2.14. The van der Waals surface area contributed by atoms with Gasteiger partial charge in [-0.05, 0) is 6.07 Å². The largest absolute Gasteiger partial charge is 0.360 e. The first kappa shape index (κ1) is 12.9. The van der Waals surface area contributed by atoms with Crippen LogP contribution in [0.15, 0.2) is 30.5 Å². The van der Waals surface area contributed by atoms with Crippen LogP contribution in [0.1, 0.15) is 10.4 Å². The molecule has 0 bridgehead atoms. The van der Waals surface area contributed by atoms with Crippen molar-refractivity contribution in [2.45, 2.75) is 0 Å². The van der Waals surface area contributed by atoms with E-state index in [9.17, 15) is 9.59 Å². The van der Waals surface area contributed by atoms with Gasteiger partial charge in [-0.15, -0.1) is 0 Å². The molecule has 0 spiro atoms. The molecule has 104 valence electrons. The Bertz CT molecular complexity index is 654. The molecular formula is C15H18N3O2+. The molecule has 0 saturated carbocycles. The smallest absolute Gasteiger partial charge is 0.295 e. The van der Waals surface area contributed by atoms with Crippen LogP contribution in [0.25, 0.3) is 10.9 Å². The molecule has 2 N–H and O–H groups in total. The second kappa shape index (κ2) is 5.09. The lowest BCUT2D eigenvalue weighted by Gasteiger charge is -2.29. The van der Waals surface area contributed by atoms with Crippen LogP contribution in [0.5, 0.6) is 0 Å². The van der Waals surface area contributed by atoms with E-state index in [2.05, 4.69) is 12.0 Å². The number of H-pyrrole nitrogens is 1. The number of rotatable bonds is 2. The van der Waals surface area contributed by atoms with Gasteiger partial charge < -0.3 is 14.8 Å². The molecule has 1 aromatic heterocycles. The van der Waals surface area contributed by atoms with Crippen LogP contribution in [0.2, 0.25) is 0 Å². The lowest BCUT2D eigenvalue weighted by atomic mass is 10.1. The van der Waals surface area contributed by atoms with Gasteiger partial charge in [0.15, 0.2) is 0 Å². The number of aromatic amines is 1. The number of likely N-dealkylation sites (N-methyl/N-ethyl adjacent to an activating group) is 1. The van der Waals surface area contributed by atoms with Gasteiger partial charge in [0.1, 0.15) is 0 Å². The molecular weight excluding hydrogens is 254 g/mol. The Morgan fingerprint density at radius 3 is 2.65 bits per heavy atom. The number of piperazine rings is 1. The predicted octanol–water partition coefficient (Wildman–Crippen LogP) is -0.292. The quantitative estimate of drug-likeness (QED) is 0.583. The Morgan fingerprint density at radius 2 is 1.90 bits per heavy atom. The van der Waals surface area contributed by atoms with Crippen LogP contribution in [-0.2, 0) is 4.79 Å². The fraction of sp³-hybridized carbons (Fsp3) is 0.333. The Labute approximate surface area is 117 Å². The summed E-state index contributed by atoms with van der Waals surface area (Å²) < 4.78 is 0. The number of amides is 1. The number of nitrogens with zero attached hydrogens (tertiary/aromatic N) is 1. The van der Waals surface area contributed by atoms with Gasteiger partial charge in [-0.1, -0.05) is 18.2 Å². The fourth-order valence-corrected chi connectivity index (χ4v) is 2.61. The van der Waals surface area contributed by atoms with E-state index in [1.807, 2.05) is 24.3 Å². The van der Waals surface area contributed by atoms with Gasteiger partial charge in [-0.25, -0.2) is 0 Å². The van der Waals surface area contributed by atoms with Gasteiger partial charge in [0, 0.05) is 17.1 Å². The summed E-state index contributed by atoms with van der Waals surface area (Å²) >= 11 is 0. The van der Waals surface area contributed by atoms with E-state index in [4.69, 9.17) is 0 Å². The van der Waals surface area contributed by atoms with Crippen LogP contribution in [0.4, 0.5) is 0 Å². The topological polar surface area (TPSA) is 57.6 Å². The van der Waals surface area contributed by atoms with Crippen molar-refractivity contribution in [1.82, 2.24) is 9.88 Å². The van der Waals surface area contributed by atoms with E-state index in [-0.39, 0.29) is 5.91 Å². The zero-order chi connectivity index (χ0) is 14.1. The molecule has 0 atom stereocenters. The van der Waals surface area contributed by atoms with E-state index in [0.717, 1.165) is 24.0 Å². The molecule has 1 aromatic carbocycles. The normalized spacial score (nSPS) is 16.6. The summed E-state index contributed by atoms with van der Waals surface area (Å²) in [5, 5.41) is 0.811. The number of carbonyl (C=O) groups is 2. The van der Waals surface area contributed by atoms with Gasteiger partial charge in [0.05, 0.1) is 38.8 Å². The Morgan fingerprint density at radius 1 is 1.20 bits per heavy atom. The summed E-state index contributed by atoms with van der Waals surface area (Å²) in [6.07, 6.45) is 1.63. The average molecular weight is 272 g/mol. The first-order chi connectivity index (χ1) is 9.66. The van der Waals surface area contributed by atoms with Gasteiger partial charge in [-0.3, -0.25) is 9.59 Å². The summed E-state index contributed by atoms with van der Waals surface area (Å²) in [6.45, 7) is 3.09. The fourth-order valence-electron chi connectivity index (χ4n) is 2.61. The number of Topliss-reactive ketones (excluding diaryl/α,β-unsaturated/α-hetero) is 1. The lowest BCUT2D eigenvalue weighted by molar-refractivity contribution is -0.883. The summed E-state index contributed by atoms with van der Waals surface area (Å²) in [5.74, 6) is -0.802. The third-order valence-electron chi connectivity index (χ3n) is 3.93. The minimum absolute atomic E-state index is 0.387. The van der Waals surface area contributed by atoms with Crippen molar-refractivity contribution in [1.29, 1.82) is 0 Å². The zero-order valence-corrected chi connectivity index (χ0v) is 11.5. The first-order valence-corrected chi connectivity index (χ1v) is 6.88. The molecule has 0 radical (unpaired) electrons. The highest BCUT2D eigenvalue weighted by molar-refractivity contribution is 6.44. The molecule has 1 amide bonds. The maximum Gasteiger partial charge on any atom is 0.295 e. The number of hydrogen-bond donors (Lipinski definition) is 2. The van der Waals surface area contributed by atoms with Crippen molar-refractivity contribution < 1.29 is 14.5 Å². The summed E-state index contributed by atoms with van der Waals surface area (Å²) in [4.78, 5) is 30.8. The number of carbonyl (C=O) groups excluding carboxylic acids is 2. The molecule has 1 aliphatic rings. The summed E-state index contributed by atoms with van der Waals surface area (Å²) in [6, 6.07) is 7.53. The Balaban J connectivity index is 1.83. The lowest BCUT2D eigenvalue weighted by Crippen LogP contribution is -3.12. The molecule has 20 heavy (non-hydrogen) atoms. The second-order valence-electron chi connectivity index (χ2n) is 5.33. The van der Waals surface area contributed by atoms with Crippen LogP contribution >= 0.6 is 0 Å². The SMILES string of the molecule is C[NH+]1CCN(C(=O)C(=O)c2c[nH]c3ccccc23)CC1. The molecule has 5 nitrogen and oxygen atoms in total.